The predicted octanol–water partition coefficient (Wildman–Crippen LogP) is 3.02. The Morgan fingerprint density at radius 2 is 1.65 bits per heavy atom. The molecule has 26 heavy (non-hydrogen) atoms. The van der Waals surface area contributed by atoms with E-state index in [1.54, 1.807) is 7.11 Å². The van der Waals surface area contributed by atoms with Crippen LogP contribution in [0, 0.1) is 0 Å². The summed E-state index contributed by atoms with van der Waals surface area (Å²) in [5.74, 6) is 1.66. The molecule has 1 heterocycles. The van der Waals surface area contributed by atoms with Crippen LogP contribution in [0.25, 0.3) is 0 Å². The van der Waals surface area contributed by atoms with Crippen molar-refractivity contribution < 1.29 is 14.6 Å². The van der Waals surface area contributed by atoms with Gasteiger partial charge in [-0.1, -0.05) is 24.3 Å². The van der Waals surface area contributed by atoms with Crippen LogP contribution in [0.2, 0.25) is 0 Å². The zero-order chi connectivity index (χ0) is 18.4. The molecule has 1 saturated heterocycles. The average Bonchev–Trinajstić information content (AvgIpc) is 2.68. The first-order chi connectivity index (χ1) is 12.7. The van der Waals surface area contributed by atoms with Gasteiger partial charge in [-0.2, -0.15) is 0 Å². The van der Waals surface area contributed by atoms with E-state index in [0.29, 0.717) is 6.54 Å². The fourth-order valence-electron chi connectivity index (χ4n) is 3.16. The molecule has 140 valence electrons. The first kappa shape index (κ1) is 19.0. The maximum atomic E-state index is 10.3. The first-order valence-corrected chi connectivity index (χ1v) is 9.62. The number of hydrogen-bond acceptors (Lipinski definition) is 5. The number of aliphatic hydroxyl groups excluding tert-OH is 1. The molecule has 5 nitrogen and oxygen atoms in total. The van der Waals surface area contributed by atoms with Crippen LogP contribution in [0.15, 0.2) is 53.0 Å². The second kappa shape index (κ2) is 9.26. The van der Waals surface area contributed by atoms with E-state index in [0.717, 1.165) is 47.8 Å². The van der Waals surface area contributed by atoms with Crippen LogP contribution >= 0.6 is 15.9 Å². The number of rotatable bonds is 7. The maximum Gasteiger partial charge on any atom is 0.142 e. The van der Waals surface area contributed by atoms with Crippen LogP contribution in [0.5, 0.6) is 11.5 Å². The first-order valence-electron chi connectivity index (χ1n) is 8.83. The molecule has 3 rings (SSSR count). The lowest BCUT2D eigenvalue weighted by Gasteiger charge is -2.37. The Labute approximate surface area is 163 Å². The number of anilines is 1. The Kier molecular flexibility index (Phi) is 6.77. The highest BCUT2D eigenvalue weighted by molar-refractivity contribution is 9.10. The molecule has 0 saturated carbocycles. The van der Waals surface area contributed by atoms with Crippen LogP contribution in [0.3, 0.4) is 0 Å². The highest BCUT2D eigenvalue weighted by Gasteiger charge is 2.21. The summed E-state index contributed by atoms with van der Waals surface area (Å²) in [6, 6.07) is 15.8. The topological polar surface area (TPSA) is 45.2 Å². The van der Waals surface area contributed by atoms with Gasteiger partial charge in [-0.3, -0.25) is 4.90 Å². The lowest BCUT2D eigenvalue weighted by atomic mass is 10.2. The molecule has 1 aliphatic rings. The predicted molar refractivity (Wildman–Crippen MR) is 107 cm³/mol. The van der Waals surface area contributed by atoms with Gasteiger partial charge in [0.2, 0.25) is 0 Å². The molecule has 0 spiro atoms. The molecule has 1 fully saturated rings. The summed E-state index contributed by atoms with van der Waals surface area (Å²) < 4.78 is 12.1. The van der Waals surface area contributed by atoms with E-state index < -0.39 is 6.10 Å². The Morgan fingerprint density at radius 3 is 2.35 bits per heavy atom. The smallest absolute Gasteiger partial charge is 0.142 e. The van der Waals surface area contributed by atoms with E-state index in [9.17, 15) is 5.11 Å². The molecule has 0 aliphatic carbocycles. The lowest BCUT2D eigenvalue weighted by molar-refractivity contribution is 0.0660. The molecular formula is C20H25BrN2O3. The Morgan fingerprint density at radius 1 is 1.00 bits per heavy atom. The van der Waals surface area contributed by atoms with Crippen LogP contribution in [-0.4, -0.2) is 62.6 Å². The molecule has 0 bridgehead atoms. The quantitative estimate of drug-likeness (QED) is 0.745. The van der Waals surface area contributed by atoms with Crippen molar-refractivity contribution >= 4 is 21.6 Å². The summed E-state index contributed by atoms with van der Waals surface area (Å²) >= 11 is 3.45. The van der Waals surface area contributed by atoms with Crippen molar-refractivity contribution in [3.63, 3.8) is 0 Å². The molecule has 2 aromatic rings. The van der Waals surface area contributed by atoms with E-state index in [1.165, 1.54) is 0 Å². The van der Waals surface area contributed by atoms with Gasteiger partial charge < -0.3 is 19.5 Å². The summed E-state index contributed by atoms with van der Waals surface area (Å²) in [4.78, 5) is 4.61. The third-order valence-electron chi connectivity index (χ3n) is 4.53. The van der Waals surface area contributed by atoms with Crippen LogP contribution in [0.4, 0.5) is 5.69 Å². The van der Waals surface area contributed by atoms with Gasteiger partial charge in [-0.25, -0.2) is 0 Å². The third kappa shape index (κ3) is 4.90. The Bertz CT molecular complexity index is 705. The SMILES string of the molecule is COc1ccccc1N1CCN(C[C@@H](O)COc2ccccc2Br)CC1. The zero-order valence-corrected chi connectivity index (χ0v) is 16.6. The minimum absolute atomic E-state index is 0.287. The molecule has 2 aromatic carbocycles. The number of piperazine rings is 1. The third-order valence-corrected chi connectivity index (χ3v) is 5.19. The molecule has 1 N–H and O–H groups in total. The molecule has 0 radical (unpaired) electrons. The fraction of sp³-hybridized carbons (Fsp3) is 0.400. The molecule has 6 heteroatoms. The minimum atomic E-state index is -0.514. The average molecular weight is 421 g/mol. The maximum absolute atomic E-state index is 10.3. The van der Waals surface area contributed by atoms with Gasteiger partial charge in [0, 0.05) is 32.7 Å². The Hall–Kier alpha value is -1.76. The summed E-state index contributed by atoms with van der Waals surface area (Å²) in [6.07, 6.45) is -0.514. The van der Waals surface area contributed by atoms with Crippen molar-refractivity contribution in [3.8, 4) is 11.5 Å². The van der Waals surface area contributed by atoms with E-state index in [-0.39, 0.29) is 6.61 Å². The van der Waals surface area contributed by atoms with Gasteiger partial charge in [0.15, 0.2) is 0 Å². The standard InChI is InChI=1S/C20H25BrN2O3/c1-25-20-9-5-3-7-18(20)23-12-10-22(11-13-23)14-16(24)15-26-19-8-4-2-6-17(19)21/h2-9,16,24H,10-15H2,1H3/t16-/m1/s1. The summed E-state index contributed by atoms with van der Waals surface area (Å²) in [6.45, 7) is 4.55. The number of β-amino-alcohol motifs (C(OH)–C–C–N with tert-alkyl or cyclic N) is 1. The number of aliphatic hydroxyl groups is 1. The van der Waals surface area contributed by atoms with Gasteiger partial charge in [0.25, 0.3) is 0 Å². The van der Waals surface area contributed by atoms with Gasteiger partial charge in [-0.05, 0) is 40.2 Å². The van der Waals surface area contributed by atoms with E-state index in [2.05, 4.69) is 31.8 Å². The van der Waals surface area contributed by atoms with Gasteiger partial charge in [0.05, 0.1) is 17.3 Å². The van der Waals surface area contributed by atoms with E-state index >= 15 is 0 Å². The molecule has 1 atom stereocenters. The number of halogens is 1. The number of ether oxygens (including phenoxy) is 2. The summed E-state index contributed by atoms with van der Waals surface area (Å²) in [5, 5.41) is 10.3. The second-order valence-electron chi connectivity index (χ2n) is 6.35. The number of nitrogens with zero attached hydrogens (tertiary/aromatic N) is 2. The molecular weight excluding hydrogens is 396 g/mol. The van der Waals surface area contributed by atoms with Crippen molar-refractivity contribution in [2.45, 2.75) is 6.10 Å². The summed E-state index contributed by atoms with van der Waals surface area (Å²) in [5.41, 5.74) is 1.13. The van der Waals surface area contributed by atoms with Crippen LogP contribution < -0.4 is 14.4 Å². The highest BCUT2D eigenvalue weighted by Crippen LogP contribution is 2.28. The van der Waals surface area contributed by atoms with E-state index in [4.69, 9.17) is 9.47 Å². The fourth-order valence-corrected chi connectivity index (χ4v) is 3.56. The van der Waals surface area contributed by atoms with Gasteiger partial charge in [0.1, 0.15) is 24.2 Å². The van der Waals surface area contributed by atoms with Crippen molar-refractivity contribution in [1.29, 1.82) is 0 Å². The van der Waals surface area contributed by atoms with Gasteiger partial charge in [-0.15, -0.1) is 0 Å². The minimum Gasteiger partial charge on any atom is -0.495 e. The number of hydrogen-bond donors (Lipinski definition) is 1. The molecule has 0 aromatic heterocycles. The van der Waals surface area contributed by atoms with Crippen molar-refractivity contribution in [1.82, 2.24) is 4.90 Å². The van der Waals surface area contributed by atoms with Crippen molar-refractivity contribution in [3.05, 3.63) is 53.0 Å². The van der Waals surface area contributed by atoms with Crippen LogP contribution in [0.1, 0.15) is 0 Å². The normalized spacial score (nSPS) is 16.3. The molecule has 0 amide bonds. The number of benzene rings is 2. The van der Waals surface area contributed by atoms with Crippen molar-refractivity contribution in [2.75, 3.05) is 51.3 Å². The molecule has 1 aliphatic heterocycles. The monoisotopic (exact) mass is 420 g/mol. The zero-order valence-electron chi connectivity index (χ0n) is 15.0. The Balaban J connectivity index is 1.45. The van der Waals surface area contributed by atoms with Crippen LogP contribution in [-0.2, 0) is 0 Å². The number of methoxy groups -OCH3 is 1. The largest absolute Gasteiger partial charge is 0.495 e. The highest BCUT2D eigenvalue weighted by atomic mass is 79.9. The number of para-hydroxylation sites is 3. The van der Waals surface area contributed by atoms with Gasteiger partial charge >= 0.3 is 0 Å². The summed E-state index contributed by atoms with van der Waals surface area (Å²) in [7, 11) is 1.70. The van der Waals surface area contributed by atoms with Crippen molar-refractivity contribution in [2.24, 2.45) is 0 Å². The lowest BCUT2D eigenvalue weighted by Crippen LogP contribution is -2.49. The van der Waals surface area contributed by atoms with E-state index in [1.807, 2.05) is 42.5 Å². The second-order valence-corrected chi connectivity index (χ2v) is 7.21. The molecule has 0 unspecified atom stereocenters.